The molecule has 1 fully saturated rings. The third-order valence-electron chi connectivity index (χ3n) is 4.19. The van der Waals surface area contributed by atoms with Gasteiger partial charge in [-0.2, -0.15) is 0 Å². The van der Waals surface area contributed by atoms with E-state index in [0.29, 0.717) is 6.54 Å². The highest BCUT2D eigenvalue weighted by molar-refractivity contribution is 5.89. The highest BCUT2D eigenvalue weighted by Gasteiger charge is 2.09. The number of hydrogen-bond donors (Lipinski definition) is 1. The third kappa shape index (κ3) is 6.99. The number of amides is 1. The maximum Gasteiger partial charge on any atom is 0.331 e. The third-order valence-corrected chi connectivity index (χ3v) is 4.19. The van der Waals surface area contributed by atoms with Crippen LogP contribution in [0.2, 0.25) is 0 Å². The molecule has 0 radical (unpaired) electrons. The number of esters is 1. The largest absolute Gasteiger partial charge is 0.452 e. The highest BCUT2D eigenvalue weighted by Crippen LogP contribution is 2.20. The lowest BCUT2D eigenvalue weighted by molar-refractivity contribution is -0.143. The molecule has 1 amide bonds. The SMILES string of the molecule is CCCNC(=O)COC(=O)/C=C/c1ccc(N2CCCCCC2)cc1. The van der Waals surface area contributed by atoms with Gasteiger partial charge in [-0.3, -0.25) is 4.79 Å². The Bertz CT molecular complexity index is 573. The van der Waals surface area contributed by atoms with Crippen molar-refractivity contribution < 1.29 is 14.3 Å². The van der Waals surface area contributed by atoms with Gasteiger partial charge in [0.15, 0.2) is 6.61 Å². The molecule has 1 aromatic carbocycles. The molecular formula is C20H28N2O3. The first-order valence-electron chi connectivity index (χ1n) is 9.15. The van der Waals surface area contributed by atoms with Crippen LogP contribution in [0.15, 0.2) is 30.3 Å². The summed E-state index contributed by atoms with van der Waals surface area (Å²) in [6.45, 7) is 4.54. The summed E-state index contributed by atoms with van der Waals surface area (Å²) in [5.41, 5.74) is 2.17. The molecule has 1 saturated heterocycles. The summed E-state index contributed by atoms with van der Waals surface area (Å²) in [7, 11) is 0. The molecule has 0 unspecified atom stereocenters. The second kappa shape index (κ2) is 10.5. The van der Waals surface area contributed by atoms with Crippen molar-refractivity contribution in [1.82, 2.24) is 5.32 Å². The predicted octanol–water partition coefficient (Wildman–Crippen LogP) is 3.15. The van der Waals surface area contributed by atoms with Crippen LogP contribution < -0.4 is 10.2 Å². The van der Waals surface area contributed by atoms with Crippen LogP contribution in [-0.2, 0) is 14.3 Å². The quantitative estimate of drug-likeness (QED) is 0.610. The number of anilines is 1. The zero-order valence-corrected chi connectivity index (χ0v) is 15.0. The lowest BCUT2D eigenvalue weighted by Gasteiger charge is -2.22. The van der Waals surface area contributed by atoms with Crippen molar-refractivity contribution >= 4 is 23.6 Å². The summed E-state index contributed by atoms with van der Waals surface area (Å²) in [6.07, 6.45) is 9.05. The monoisotopic (exact) mass is 344 g/mol. The van der Waals surface area contributed by atoms with Crippen molar-refractivity contribution in [3.63, 3.8) is 0 Å². The van der Waals surface area contributed by atoms with Crippen LogP contribution in [0.5, 0.6) is 0 Å². The number of ether oxygens (including phenoxy) is 1. The van der Waals surface area contributed by atoms with E-state index in [1.54, 1.807) is 6.08 Å². The molecule has 5 nitrogen and oxygen atoms in total. The first kappa shape index (κ1) is 19.0. The fraction of sp³-hybridized carbons (Fsp3) is 0.500. The van der Waals surface area contributed by atoms with Gasteiger partial charge in [-0.15, -0.1) is 0 Å². The average molecular weight is 344 g/mol. The fourth-order valence-electron chi connectivity index (χ4n) is 2.79. The van der Waals surface area contributed by atoms with Gasteiger partial charge in [0, 0.05) is 31.4 Å². The normalized spacial score (nSPS) is 15.0. The minimum absolute atomic E-state index is 0.239. The van der Waals surface area contributed by atoms with Crippen LogP contribution in [0.4, 0.5) is 5.69 Å². The Labute approximate surface area is 150 Å². The number of nitrogens with zero attached hydrogens (tertiary/aromatic N) is 1. The van der Waals surface area contributed by atoms with Crippen molar-refractivity contribution in [3.05, 3.63) is 35.9 Å². The van der Waals surface area contributed by atoms with Crippen molar-refractivity contribution in [3.8, 4) is 0 Å². The minimum Gasteiger partial charge on any atom is -0.452 e. The Balaban J connectivity index is 1.80. The highest BCUT2D eigenvalue weighted by atomic mass is 16.5. The molecule has 1 aliphatic rings. The van der Waals surface area contributed by atoms with Gasteiger partial charge in [0.05, 0.1) is 0 Å². The zero-order chi connectivity index (χ0) is 17.9. The second-order valence-electron chi connectivity index (χ2n) is 6.28. The van der Waals surface area contributed by atoms with Crippen LogP contribution >= 0.6 is 0 Å². The molecule has 1 heterocycles. The first-order valence-corrected chi connectivity index (χ1v) is 9.15. The van der Waals surface area contributed by atoms with E-state index >= 15 is 0 Å². The van der Waals surface area contributed by atoms with Gasteiger partial charge in [0.1, 0.15) is 0 Å². The van der Waals surface area contributed by atoms with Crippen LogP contribution in [0.1, 0.15) is 44.6 Å². The molecule has 0 bridgehead atoms. The van der Waals surface area contributed by atoms with Crippen LogP contribution in [0.25, 0.3) is 6.08 Å². The molecular weight excluding hydrogens is 316 g/mol. The van der Waals surface area contributed by atoms with Crippen LogP contribution in [0.3, 0.4) is 0 Å². The van der Waals surface area contributed by atoms with E-state index < -0.39 is 5.97 Å². The predicted molar refractivity (Wildman–Crippen MR) is 100 cm³/mol. The maximum absolute atomic E-state index is 11.6. The van der Waals surface area contributed by atoms with E-state index in [0.717, 1.165) is 25.1 Å². The number of carbonyl (C=O) groups is 2. The van der Waals surface area contributed by atoms with Gasteiger partial charge >= 0.3 is 5.97 Å². The summed E-state index contributed by atoms with van der Waals surface area (Å²) in [5.74, 6) is -0.784. The average Bonchev–Trinajstić information content (AvgIpc) is 2.93. The number of benzene rings is 1. The number of nitrogens with one attached hydrogen (secondary N) is 1. The number of hydrogen-bond acceptors (Lipinski definition) is 4. The Kier molecular flexibility index (Phi) is 8.02. The smallest absolute Gasteiger partial charge is 0.331 e. The Morgan fingerprint density at radius 2 is 1.80 bits per heavy atom. The summed E-state index contributed by atoms with van der Waals surface area (Å²) < 4.78 is 4.91. The van der Waals surface area contributed by atoms with E-state index in [4.69, 9.17) is 4.74 Å². The lowest BCUT2D eigenvalue weighted by atomic mass is 10.1. The number of carbonyl (C=O) groups excluding carboxylic acids is 2. The fourth-order valence-corrected chi connectivity index (χ4v) is 2.79. The molecule has 0 aromatic heterocycles. The topological polar surface area (TPSA) is 58.6 Å². The Hall–Kier alpha value is -2.30. The van der Waals surface area contributed by atoms with Crippen molar-refractivity contribution in [2.24, 2.45) is 0 Å². The molecule has 2 rings (SSSR count). The van der Waals surface area contributed by atoms with Crippen molar-refractivity contribution in [1.29, 1.82) is 0 Å². The summed E-state index contributed by atoms with van der Waals surface area (Å²) >= 11 is 0. The zero-order valence-electron chi connectivity index (χ0n) is 15.0. The maximum atomic E-state index is 11.6. The molecule has 136 valence electrons. The molecule has 0 spiro atoms. The second-order valence-corrected chi connectivity index (χ2v) is 6.28. The molecule has 25 heavy (non-hydrogen) atoms. The molecule has 0 atom stereocenters. The van der Waals surface area contributed by atoms with E-state index in [1.165, 1.54) is 37.4 Å². The van der Waals surface area contributed by atoms with Gasteiger partial charge in [0.25, 0.3) is 5.91 Å². The van der Waals surface area contributed by atoms with Crippen LogP contribution in [0, 0.1) is 0 Å². The van der Waals surface area contributed by atoms with Gasteiger partial charge in [-0.1, -0.05) is 31.9 Å². The minimum atomic E-state index is -0.511. The van der Waals surface area contributed by atoms with E-state index in [2.05, 4.69) is 22.3 Å². The summed E-state index contributed by atoms with van der Waals surface area (Å²) in [6, 6.07) is 8.18. The Morgan fingerprint density at radius 3 is 2.44 bits per heavy atom. The van der Waals surface area contributed by atoms with Gasteiger partial charge in [0.2, 0.25) is 0 Å². The molecule has 0 saturated carbocycles. The molecule has 0 aliphatic carbocycles. The summed E-state index contributed by atoms with van der Waals surface area (Å²) in [4.78, 5) is 25.4. The van der Waals surface area contributed by atoms with E-state index in [1.807, 2.05) is 19.1 Å². The van der Waals surface area contributed by atoms with E-state index in [9.17, 15) is 9.59 Å². The lowest BCUT2D eigenvalue weighted by Crippen LogP contribution is -2.28. The van der Waals surface area contributed by atoms with Gasteiger partial charge in [-0.25, -0.2) is 4.79 Å². The van der Waals surface area contributed by atoms with Crippen LogP contribution in [-0.4, -0.2) is 38.1 Å². The van der Waals surface area contributed by atoms with Gasteiger partial charge in [-0.05, 0) is 43.0 Å². The van der Waals surface area contributed by atoms with Crippen molar-refractivity contribution in [2.75, 3.05) is 31.1 Å². The molecule has 1 aliphatic heterocycles. The Morgan fingerprint density at radius 1 is 1.12 bits per heavy atom. The molecule has 1 N–H and O–H groups in total. The standard InChI is InChI=1S/C20H28N2O3/c1-2-13-21-19(23)16-25-20(24)12-9-17-7-10-18(11-8-17)22-14-5-3-4-6-15-22/h7-12H,2-6,13-16H2,1H3,(H,21,23)/b12-9+. The van der Waals surface area contributed by atoms with E-state index in [-0.39, 0.29) is 12.5 Å². The molecule has 1 aromatic rings. The van der Waals surface area contributed by atoms with Gasteiger partial charge < -0.3 is 15.0 Å². The molecule has 5 heteroatoms. The van der Waals surface area contributed by atoms with Crippen molar-refractivity contribution in [2.45, 2.75) is 39.0 Å². The number of rotatable bonds is 7. The first-order chi connectivity index (χ1) is 12.2. The summed E-state index contributed by atoms with van der Waals surface area (Å²) in [5, 5.41) is 2.66.